The number of aryl methyl sites for hydroxylation is 1. The normalized spacial score (nSPS) is 11.4. The molecule has 1 rings (SSSR count). The summed E-state index contributed by atoms with van der Waals surface area (Å²) in [5.41, 5.74) is 2.03. The summed E-state index contributed by atoms with van der Waals surface area (Å²) in [5.74, 6) is 0. The fraction of sp³-hybridized carbons (Fsp3) is 0.364. The van der Waals surface area contributed by atoms with E-state index in [1.165, 1.54) is 0 Å². The summed E-state index contributed by atoms with van der Waals surface area (Å²) >= 11 is 0. The van der Waals surface area contributed by atoms with Crippen LogP contribution < -0.4 is 0 Å². The van der Waals surface area contributed by atoms with Crippen molar-refractivity contribution < 1.29 is 4.79 Å². The molecule has 0 bridgehead atoms. The molecule has 1 aromatic rings. The Morgan fingerprint density at radius 1 is 1.23 bits per heavy atom. The minimum absolute atomic E-state index is 0.344. The lowest BCUT2D eigenvalue weighted by Gasteiger charge is -2.14. The minimum atomic E-state index is -1.66. The molecule has 0 aliphatic rings. The van der Waals surface area contributed by atoms with E-state index in [1.54, 1.807) is 0 Å². The maximum Gasteiger partial charge on any atom is 0.139 e. The van der Waals surface area contributed by atoms with Gasteiger partial charge in [0.1, 0.15) is 13.5 Å². The van der Waals surface area contributed by atoms with E-state index in [1.807, 2.05) is 31.2 Å². The molecule has 0 saturated heterocycles. The van der Waals surface area contributed by atoms with Crippen molar-refractivity contribution in [1.82, 2.24) is 0 Å². The zero-order valence-corrected chi connectivity index (χ0v) is 9.72. The van der Waals surface area contributed by atoms with E-state index < -0.39 is 8.07 Å². The van der Waals surface area contributed by atoms with Crippen LogP contribution in [0.4, 0.5) is 0 Å². The molecule has 1 nitrogen and oxygen atoms in total. The van der Waals surface area contributed by atoms with Gasteiger partial charge < -0.3 is 4.79 Å². The Bertz CT molecular complexity index is 323. The molecule has 0 heterocycles. The van der Waals surface area contributed by atoms with Crippen LogP contribution in [0.5, 0.6) is 0 Å². The van der Waals surface area contributed by atoms with Crippen LogP contribution in [0.15, 0.2) is 24.3 Å². The van der Waals surface area contributed by atoms with E-state index in [0.29, 0.717) is 5.41 Å². The van der Waals surface area contributed by atoms with E-state index >= 15 is 0 Å². The van der Waals surface area contributed by atoms with E-state index in [4.69, 9.17) is 0 Å². The van der Waals surface area contributed by atoms with Crippen molar-refractivity contribution in [3.05, 3.63) is 35.4 Å². The quantitative estimate of drug-likeness (QED) is 0.658. The molecule has 0 fully saturated rings. The molecule has 0 unspecified atom stereocenters. The Balaban J connectivity index is 3.03. The van der Waals surface area contributed by atoms with Gasteiger partial charge in [-0.3, -0.25) is 0 Å². The summed E-state index contributed by atoms with van der Waals surface area (Å²) < 4.78 is 0. The Kier molecular flexibility index (Phi) is 2.71. The predicted octanol–water partition coefficient (Wildman–Crippen LogP) is 3.06. The van der Waals surface area contributed by atoms with Crippen molar-refractivity contribution in [1.29, 1.82) is 0 Å². The number of carbonyl (C=O) groups excluding carboxylic acids is 1. The number of benzene rings is 1. The molecule has 0 saturated carbocycles. The van der Waals surface area contributed by atoms with Gasteiger partial charge in [-0.2, -0.15) is 0 Å². The Labute approximate surface area is 80.8 Å². The summed E-state index contributed by atoms with van der Waals surface area (Å²) in [4.78, 5) is 11.9. The molecule has 1 aromatic carbocycles. The second-order valence-corrected chi connectivity index (χ2v) is 9.40. The summed E-state index contributed by atoms with van der Waals surface area (Å²) in [6, 6.07) is 7.85. The van der Waals surface area contributed by atoms with Gasteiger partial charge in [-0.25, -0.2) is 0 Å². The molecule has 0 atom stereocenters. The van der Waals surface area contributed by atoms with E-state index in [9.17, 15) is 4.79 Å². The molecule has 0 aliphatic heterocycles. The fourth-order valence-electron chi connectivity index (χ4n) is 1.22. The molecule has 0 aliphatic carbocycles. The molecule has 70 valence electrons. The maximum atomic E-state index is 11.9. The van der Waals surface area contributed by atoms with E-state index in [-0.39, 0.29) is 0 Å². The number of carbonyl (C=O) groups is 1. The van der Waals surface area contributed by atoms with Gasteiger partial charge in [0.25, 0.3) is 0 Å². The highest BCUT2D eigenvalue weighted by Gasteiger charge is 2.25. The standard InChI is InChI=1S/C11H16OSi/c1-9-6-5-7-10(8-9)11(12)13(2,3)4/h5-8H,1-4H3. The van der Waals surface area contributed by atoms with Gasteiger partial charge >= 0.3 is 0 Å². The molecule has 0 amide bonds. The Hall–Kier alpha value is -0.893. The second kappa shape index (κ2) is 3.46. The molecule has 0 aromatic heterocycles. The average molecular weight is 192 g/mol. The zero-order chi connectivity index (χ0) is 10.1. The first kappa shape index (κ1) is 10.2. The van der Waals surface area contributed by atoms with Gasteiger partial charge in [-0.05, 0) is 13.0 Å². The van der Waals surface area contributed by atoms with Crippen molar-refractivity contribution in [3.8, 4) is 0 Å². The lowest BCUT2D eigenvalue weighted by Crippen LogP contribution is -2.33. The first-order chi connectivity index (χ1) is 5.91. The summed E-state index contributed by atoms with van der Waals surface area (Å²) in [6.45, 7) is 8.26. The van der Waals surface area contributed by atoms with Crippen LogP contribution in [0.1, 0.15) is 15.9 Å². The Morgan fingerprint density at radius 3 is 2.31 bits per heavy atom. The monoisotopic (exact) mass is 192 g/mol. The molecule has 2 heteroatoms. The third kappa shape index (κ3) is 2.52. The van der Waals surface area contributed by atoms with Crippen LogP contribution in [0.2, 0.25) is 19.6 Å². The van der Waals surface area contributed by atoms with Crippen molar-refractivity contribution >= 4 is 13.5 Å². The third-order valence-electron chi connectivity index (χ3n) is 1.96. The molecule has 13 heavy (non-hydrogen) atoms. The van der Waals surface area contributed by atoms with Crippen LogP contribution in [-0.4, -0.2) is 13.5 Å². The lowest BCUT2D eigenvalue weighted by atomic mass is 10.2. The van der Waals surface area contributed by atoms with E-state index in [0.717, 1.165) is 11.1 Å². The molecule has 0 radical (unpaired) electrons. The number of hydrogen-bond donors (Lipinski definition) is 0. The van der Waals surface area contributed by atoms with Gasteiger partial charge in [0, 0.05) is 5.56 Å². The first-order valence-electron chi connectivity index (χ1n) is 4.53. The highest BCUT2D eigenvalue weighted by molar-refractivity contribution is 7.05. The summed E-state index contributed by atoms with van der Waals surface area (Å²) in [5, 5.41) is 0.344. The lowest BCUT2D eigenvalue weighted by molar-refractivity contribution is 0.106. The van der Waals surface area contributed by atoms with Gasteiger partial charge in [-0.1, -0.05) is 43.4 Å². The highest BCUT2D eigenvalue weighted by Crippen LogP contribution is 2.12. The van der Waals surface area contributed by atoms with Crippen LogP contribution in [0, 0.1) is 6.92 Å². The van der Waals surface area contributed by atoms with Crippen LogP contribution >= 0.6 is 0 Å². The fourth-order valence-corrected chi connectivity index (χ4v) is 2.24. The maximum absolute atomic E-state index is 11.9. The van der Waals surface area contributed by atoms with Crippen molar-refractivity contribution in [2.75, 3.05) is 0 Å². The molecule has 0 spiro atoms. The summed E-state index contributed by atoms with van der Waals surface area (Å²) in [7, 11) is -1.66. The van der Waals surface area contributed by atoms with Crippen LogP contribution in [-0.2, 0) is 0 Å². The second-order valence-electron chi connectivity index (χ2n) is 4.45. The smallest absolute Gasteiger partial charge is 0.139 e. The van der Waals surface area contributed by atoms with Gasteiger partial charge in [0.15, 0.2) is 0 Å². The van der Waals surface area contributed by atoms with Crippen molar-refractivity contribution in [2.45, 2.75) is 26.6 Å². The zero-order valence-electron chi connectivity index (χ0n) is 8.72. The summed E-state index contributed by atoms with van der Waals surface area (Å²) in [6.07, 6.45) is 0. The third-order valence-corrected chi connectivity index (χ3v) is 3.61. The Morgan fingerprint density at radius 2 is 1.85 bits per heavy atom. The largest absolute Gasteiger partial charge is 0.300 e. The van der Waals surface area contributed by atoms with Gasteiger partial charge in [-0.15, -0.1) is 0 Å². The van der Waals surface area contributed by atoms with Crippen LogP contribution in [0.25, 0.3) is 0 Å². The van der Waals surface area contributed by atoms with Crippen LogP contribution in [0.3, 0.4) is 0 Å². The minimum Gasteiger partial charge on any atom is -0.300 e. The molecule has 0 N–H and O–H groups in total. The number of rotatable bonds is 2. The number of hydrogen-bond acceptors (Lipinski definition) is 1. The molecular formula is C11H16OSi. The first-order valence-corrected chi connectivity index (χ1v) is 8.03. The topological polar surface area (TPSA) is 17.1 Å². The highest BCUT2D eigenvalue weighted by atomic mass is 28.3. The van der Waals surface area contributed by atoms with Crippen molar-refractivity contribution in [3.63, 3.8) is 0 Å². The average Bonchev–Trinajstić information content (AvgIpc) is 2.01. The predicted molar refractivity (Wildman–Crippen MR) is 58.9 cm³/mol. The SMILES string of the molecule is Cc1cccc(C(=O)[Si](C)(C)C)c1. The molecular weight excluding hydrogens is 176 g/mol. The van der Waals surface area contributed by atoms with Gasteiger partial charge in [0.05, 0.1) is 0 Å². The van der Waals surface area contributed by atoms with Crippen molar-refractivity contribution in [2.24, 2.45) is 0 Å². The van der Waals surface area contributed by atoms with E-state index in [2.05, 4.69) is 19.6 Å². The van der Waals surface area contributed by atoms with Gasteiger partial charge in [0.2, 0.25) is 0 Å².